The molecule has 0 bridgehead atoms. The number of amides is 2. The smallest absolute Gasteiger partial charge is 0.264 e. The molecule has 0 unspecified atom stereocenters. The van der Waals surface area contributed by atoms with Gasteiger partial charge in [-0.05, 0) is 81.3 Å². The Morgan fingerprint density at radius 1 is 0.950 bits per heavy atom. The number of sulfonamides is 1. The van der Waals surface area contributed by atoms with Crippen LogP contribution in [0.15, 0.2) is 82.2 Å². The molecule has 3 aromatic carbocycles. The van der Waals surface area contributed by atoms with Gasteiger partial charge in [0.25, 0.3) is 10.0 Å². The second-order valence-corrected chi connectivity index (χ2v) is 12.4. The summed E-state index contributed by atoms with van der Waals surface area (Å²) in [7, 11) is -2.54. The third-order valence-corrected chi connectivity index (χ3v) is 9.00. The van der Waals surface area contributed by atoms with Gasteiger partial charge in [0.15, 0.2) is 0 Å². The van der Waals surface area contributed by atoms with E-state index in [9.17, 15) is 18.0 Å². The second kappa shape index (κ2) is 13.8. The van der Waals surface area contributed by atoms with E-state index in [0.29, 0.717) is 11.4 Å². The number of carbonyl (C=O) groups excluding carboxylic acids is 2. The van der Waals surface area contributed by atoms with Gasteiger partial charge in [-0.2, -0.15) is 0 Å². The molecule has 0 spiro atoms. The first-order chi connectivity index (χ1) is 19.0. The van der Waals surface area contributed by atoms with Gasteiger partial charge in [-0.15, -0.1) is 0 Å². The van der Waals surface area contributed by atoms with Crippen molar-refractivity contribution in [3.8, 4) is 5.75 Å². The molecular weight excluding hydrogens is 594 g/mol. The van der Waals surface area contributed by atoms with Crippen molar-refractivity contribution in [2.24, 2.45) is 0 Å². The van der Waals surface area contributed by atoms with E-state index in [1.807, 2.05) is 32.9 Å². The average molecular weight is 631 g/mol. The van der Waals surface area contributed by atoms with Crippen LogP contribution < -0.4 is 14.4 Å². The Morgan fingerprint density at radius 3 is 2.10 bits per heavy atom. The molecule has 40 heavy (non-hydrogen) atoms. The molecule has 0 aliphatic rings. The molecule has 0 saturated heterocycles. The Labute approximate surface area is 245 Å². The van der Waals surface area contributed by atoms with Crippen LogP contribution in [0, 0.1) is 6.92 Å². The molecule has 0 radical (unpaired) electrons. The summed E-state index contributed by atoms with van der Waals surface area (Å²) in [6.45, 7) is 6.99. The van der Waals surface area contributed by atoms with Crippen LogP contribution in [0.4, 0.5) is 5.69 Å². The van der Waals surface area contributed by atoms with Gasteiger partial charge in [-0.25, -0.2) is 8.42 Å². The molecule has 0 aliphatic carbocycles. The lowest BCUT2D eigenvalue weighted by molar-refractivity contribution is -0.139. The highest BCUT2D eigenvalue weighted by Gasteiger charge is 2.32. The molecule has 214 valence electrons. The average Bonchev–Trinajstić information content (AvgIpc) is 2.95. The van der Waals surface area contributed by atoms with E-state index in [4.69, 9.17) is 4.74 Å². The third kappa shape index (κ3) is 7.85. The zero-order chi connectivity index (χ0) is 29.4. The number of ether oxygens (including phenoxy) is 1. The quantitative estimate of drug-likeness (QED) is 0.294. The van der Waals surface area contributed by atoms with Crippen LogP contribution in [-0.2, 0) is 26.2 Å². The van der Waals surface area contributed by atoms with Crippen LogP contribution in [0.1, 0.15) is 38.3 Å². The minimum atomic E-state index is -4.11. The summed E-state index contributed by atoms with van der Waals surface area (Å²) in [6.07, 6.45) is 0.733. The van der Waals surface area contributed by atoms with Gasteiger partial charge in [-0.3, -0.25) is 13.9 Å². The molecule has 10 heteroatoms. The van der Waals surface area contributed by atoms with E-state index in [2.05, 4.69) is 21.2 Å². The van der Waals surface area contributed by atoms with E-state index in [-0.39, 0.29) is 23.4 Å². The first-order valence-corrected chi connectivity index (χ1v) is 15.3. The third-order valence-electron chi connectivity index (χ3n) is 6.68. The maximum Gasteiger partial charge on any atom is 0.264 e. The normalized spacial score (nSPS) is 12.8. The fourth-order valence-corrected chi connectivity index (χ4v) is 5.63. The van der Waals surface area contributed by atoms with Crippen LogP contribution in [0.5, 0.6) is 5.75 Å². The predicted octanol–water partition coefficient (Wildman–Crippen LogP) is 5.29. The molecule has 3 aromatic rings. The largest absolute Gasteiger partial charge is 0.497 e. The molecule has 1 N–H and O–H groups in total. The monoisotopic (exact) mass is 629 g/mol. The van der Waals surface area contributed by atoms with Gasteiger partial charge in [0.2, 0.25) is 11.8 Å². The van der Waals surface area contributed by atoms with Gasteiger partial charge in [0, 0.05) is 17.1 Å². The van der Waals surface area contributed by atoms with E-state index < -0.39 is 28.5 Å². The minimum Gasteiger partial charge on any atom is -0.497 e. The Hall–Kier alpha value is -3.37. The molecule has 0 saturated carbocycles. The lowest BCUT2D eigenvalue weighted by Gasteiger charge is -2.32. The van der Waals surface area contributed by atoms with Crippen LogP contribution in [0.3, 0.4) is 0 Å². The number of halogens is 1. The first kappa shape index (κ1) is 31.2. The molecular formula is C30H36BrN3O5S. The van der Waals surface area contributed by atoms with Crippen molar-refractivity contribution in [2.75, 3.05) is 18.0 Å². The van der Waals surface area contributed by atoms with E-state index in [1.165, 1.54) is 17.0 Å². The Bertz CT molecular complexity index is 1390. The van der Waals surface area contributed by atoms with Gasteiger partial charge < -0.3 is 15.0 Å². The van der Waals surface area contributed by atoms with E-state index >= 15 is 0 Å². The Morgan fingerprint density at radius 2 is 1.55 bits per heavy atom. The van der Waals surface area contributed by atoms with Crippen molar-refractivity contribution in [3.05, 3.63) is 88.4 Å². The molecule has 0 fully saturated rings. The summed E-state index contributed by atoms with van der Waals surface area (Å²) in [5.41, 5.74) is 2.02. The van der Waals surface area contributed by atoms with Gasteiger partial charge in [0.1, 0.15) is 18.3 Å². The van der Waals surface area contributed by atoms with Crippen molar-refractivity contribution in [1.29, 1.82) is 0 Å². The van der Waals surface area contributed by atoms with Gasteiger partial charge in [-0.1, -0.05) is 52.7 Å². The van der Waals surface area contributed by atoms with E-state index in [0.717, 1.165) is 26.3 Å². The number of aryl methyl sites for hydroxylation is 1. The lowest BCUT2D eigenvalue weighted by atomic mass is 10.1. The number of methoxy groups -OCH3 is 1. The summed E-state index contributed by atoms with van der Waals surface area (Å²) in [4.78, 5) is 28.6. The number of carbonyl (C=O) groups is 2. The van der Waals surface area contributed by atoms with Crippen LogP contribution in [0.2, 0.25) is 0 Å². The van der Waals surface area contributed by atoms with Gasteiger partial charge >= 0.3 is 0 Å². The van der Waals surface area contributed by atoms with Crippen LogP contribution >= 0.6 is 15.9 Å². The fraction of sp³-hybridized carbons (Fsp3) is 0.333. The summed E-state index contributed by atoms with van der Waals surface area (Å²) >= 11 is 3.38. The topological polar surface area (TPSA) is 96.0 Å². The summed E-state index contributed by atoms with van der Waals surface area (Å²) in [5.74, 6) is -0.163. The summed E-state index contributed by atoms with van der Waals surface area (Å²) < 4.78 is 34.8. The number of nitrogens with one attached hydrogen (secondary N) is 1. The molecule has 8 nitrogen and oxygen atoms in total. The maximum atomic E-state index is 14.0. The zero-order valence-corrected chi connectivity index (χ0v) is 25.8. The van der Waals surface area contributed by atoms with Crippen molar-refractivity contribution in [2.45, 2.75) is 57.6 Å². The van der Waals surface area contributed by atoms with E-state index in [1.54, 1.807) is 62.6 Å². The number of hydrogen-bond donors (Lipinski definition) is 1. The number of rotatable bonds is 12. The molecule has 3 rings (SSSR count). The van der Waals surface area contributed by atoms with Crippen molar-refractivity contribution in [1.82, 2.24) is 10.2 Å². The Kier molecular flexibility index (Phi) is 10.8. The highest BCUT2D eigenvalue weighted by Crippen LogP contribution is 2.26. The summed E-state index contributed by atoms with van der Waals surface area (Å²) in [5, 5.41) is 2.93. The van der Waals surface area contributed by atoms with Crippen molar-refractivity contribution >= 4 is 43.5 Å². The van der Waals surface area contributed by atoms with Gasteiger partial charge in [0.05, 0.1) is 17.7 Å². The standard InChI is InChI=1S/C30H36BrN3O5S/c1-6-22(3)32-30(36)23(4)33(19-24-9-15-27(39-5)16-10-24)29(35)20-34(26-13-11-25(31)12-14-26)40(37,38)28-17-7-21(2)8-18-28/h7-18,22-23H,6,19-20H2,1-5H3,(H,32,36)/t22-,23+/m1/s1. The highest BCUT2D eigenvalue weighted by atomic mass is 79.9. The molecule has 2 amide bonds. The number of nitrogens with zero attached hydrogens (tertiary/aromatic N) is 2. The maximum absolute atomic E-state index is 14.0. The van der Waals surface area contributed by atoms with Crippen LogP contribution in [0.25, 0.3) is 0 Å². The first-order valence-electron chi connectivity index (χ1n) is 13.0. The SMILES string of the molecule is CC[C@@H](C)NC(=O)[C@H](C)N(Cc1ccc(OC)cc1)C(=O)CN(c1ccc(Br)cc1)S(=O)(=O)c1ccc(C)cc1. The molecule has 0 aliphatic heterocycles. The zero-order valence-electron chi connectivity index (χ0n) is 23.4. The van der Waals surface area contributed by atoms with Crippen molar-refractivity contribution in [3.63, 3.8) is 0 Å². The molecule has 2 atom stereocenters. The fourth-order valence-electron chi connectivity index (χ4n) is 3.95. The van der Waals surface area contributed by atoms with Crippen molar-refractivity contribution < 1.29 is 22.7 Å². The molecule has 0 heterocycles. The lowest BCUT2D eigenvalue weighted by Crippen LogP contribution is -2.52. The number of anilines is 1. The second-order valence-electron chi connectivity index (χ2n) is 9.66. The minimum absolute atomic E-state index is 0.0677. The predicted molar refractivity (Wildman–Crippen MR) is 161 cm³/mol. The highest BCUT2D eigenvalue weighted by molar-refractivity contribution is 9.10. The van der Waals surface area contributed by atoms with Crippen LogP contribution in [-0.4, -0.2) is 50.9 Å². The number of hydrogen-bond acceptors (Lipinski definition) is 5. The number of benzene rings is 3. The summed E-state index contributed by atoms with van der Waals surface area (Å²) in [6, 6.07) is 19.4. The molecule has 0 aromatic heterocycles. The Balaban J connectivity index is 2.01.